The smallest absolute Gasteiger partial charge is 0.229 e. The van der Waals surface area contributed by atoms with Crippen LogP contribution >= 0.6 is 0 Å². The Labute approximate surface area is 109 Å². The van der Waals surface area contributed by atoms with E-state index in [-0.39, 0.29) is 17.2 Å². The standard InChI is InChI=1S/C15H22N2O/c1-10-6-5-7-12-13(10)16-9-11(14(18)17-12)8-15(2,3)4/h5-7,11,16H,8-9H2,1-4H3,(H,17,18). The van der Waals surface area contributed by atoms with Gasteiger partial charge in [-0.2, -0.15) is 0 Å². The summed E-state index contributed by atoms with van der Waals surface area (Å²) >= 11 is 0. The molecule has 0 bridgehead atoms. The summed E-state index contributed by atoms with van der Waals surface area (Å²) in [7, 11) is 0. The molecular formula is C15H22N2O. The minimum atomic E-state index is 0.0248. The van der Waals surface area contributed by atoms with E-state index in [4.69, 9.17) is 0 Å². The topological polar surface area (TPSA) is 41.1 Å². The van der Waals surface area contributed by atoms with Crippen LogP contribution in [0.1, 0.15) is 32.8 Å². The number of hydrogen-bond acceptors (Lipinski definition) is 2. The van der Waals surface area contributed by atoms with Crippen LogP contribution in [0, 0.1) is 18.3 Å². The molecule has 0 spiro atoms. The Hall–Kier alpha value is -1.51. The predicted molar refractivity (Wildman–Crippen MR) is 75.9 cm³/mol. The van der Waals surface area contributed by atoms with Crippen molar-refractivity contribution in [1.82, 2.24) is 0 Å². The number of amides is 1. The summed E-state index contributed by atoms with van der Waals surface area (Å²) in [6.07, 6.45) is 0.888. The second-order valence-electron chi connectivity index (χ2n) is 6.33. The van der Waals surface area contributed by atoms with Crippen molar-refractivity contribution in [1.29, 1.82) is 0 Å². The SMILES string of the molecule is Cc1cccc2c1NCC(CC(C)(C)C)C(=O)N2. The molecule has 0 saturated heterocycles. The molecule has 3 heteroatoms. The van der Waals surface area contributed by atoms with Gasteiger partial charge in [-0.25, -0.2) is 0 Å². The molecule has 2 N–H and O–H groups in total. The molecule has 1 aliphatic heterocycles. The number of rotatable bonds is 1. The third kappa shape index (κ3) is 2.84. The Morgan fingerprint density at radius 1 is 1.33 bits per heavy atom. The van der Waals surface area contributed by atoms with Crippen LogP contribution in [0.5, 0.6) is 0 Å². The third-order valence-electron chi connectivity index (χ3n) is 3.29. The monoisotopic (exact) mass is 246 g/mol. The van der Waals surface area contributed by atoms with Gasteiger partial charge in [-0.1, -0.05) is 32.9 Å². The summed E-state index contributed by atoms with van der Waals surface area (Å²) in [5.41, 5.74) is 3.29. The number of benzene rings is 1. The van der Waals surface area contributed by atoms with Crippen molar-refractivity contribution in [2.75, 3.05) is 17.2 Å². The molecule has 0 aromatic heterocycles. The summed E-state index contributed by atoms with van der Waals surface area (Å²) in [5, 5.41) is 6.45. The molecule has 0 aliphatic carbocycles. The first-order valence-electron chi connectivity index (χ1n) is 6.51. The fraction of sp³-hybridized carbons (Fsp3) is 0.533. The number of aryl methyl sites for hydroxylation is 1. The van der Waals surface area contributed by atoms with Gasteiger partial charge in [-0.3, -0.25) is 4.79 Å². The van der Waals surface area contributed by atoms with E-state index in [0.29, 0.717) is 6.54 Å². The van der Waals surface area contributed by atoms with Crippen molar-refractivity contribution >= 4 is 17.3 Å². The molecule has 2 rings (SSSR count). The number of fused-ring (bicyclic) bond motifs is 1. The molecule has 1 aliphatic rings. The second kappa shape index (κ2) is 4.63. The first-order valence-corrected chi connectivity index (χ1v) is 6.51. The Kier molecular flexibility index (Phi) is 3.33. The lowest BCUT2D eigenvalue weighted by molar-refractivity contribution is -0.120. The maximum absolute atomic E-state index is 12.2. The predicted octanol–water partition coefficient (Wildman–Crippen LogP) is 3.41. The highest BCUT2D eigenvalue weighted by atomic mass is 16.1. The number of nitrogens with one attached hydrogen (secondary N) is 2. The number of anilines is 2. The lowest BCUT2D eigenvalue weighted by atomic mass is 9.84. The van der Waals surface area contributed by atoms with Crippen LogP contribution in [-0.4, -0.2) is 12.5 Å². The summed E-state index contributed by atoms with van der Waals surface area (Å²) in [6, 6.07) is 5.98. The second-order valence-corrected chi connectivity index (χ2v) is 6.33. The fourth-order valence-corrected chi connectivity index (χ4v) is 2.46. The Morgan fingerprint density at radius 2 is 2.06 bits per heavy atom. The van der Waals surface area contributed by atoms with Gasteiger partial charge >= 0.3 is 0 Å². The lowest BCUT2D eigenvalue weighted by Crippen LogP contribution is -2.29. The van der Waals surface area contributed by atoms with E-state index in [1.54, 1.807) is 0 Å². The number of para-hydroxylation sites is 1. The normalized spacial score (nSPS) is 19.6. The van der Waals surface area contributed by atoms with Gasteiger partial charge in [-0.15, -0.1) is 0 Å². The molecular weight excluding hydrogens is 224 g/mol. The fourth-order valence-electron chi connectivity index (χ4n) is 2.46. The molecule has 1 atom stereocenters. The van der Waals surface area contributed by atoms with Crippen LogP contribution in [0.3, 0.4) is 0 Å². The van der Waals surface area contributed by atoms with E-state index in [2.05, 4.69) is 44.4 Å². The quantitative estimate of drug-likeness (QED) is 0.797. The van der Waals surface area contributed by atoms with Gasteiger partial charge in [0.05, 0.1) is 17.3 Å². The summed E-state index contributed by atoms with van der Waals surface area (Å²) in [4.78, 5) is 12.2. The molecule has 1 amide bonds. The van der Waals surface area contributed by atoms with E-state index in [0.717, 1.165) is 17.8 Å². The van der Waals surface area contributed by atoms with Gasteiger partial charge in [0, 0.05) is 6.54 Å². The molecule has 0 radical (unpaired) electrons. The van der Waals surface area contributed by atoms with Gasteiger partial charge < -0.3 is 10.6 Å². The van der Waals surface area contributed by atoms with Crippen LogP contribution in [0.2, 0.25) is 0 Å². The van der Waals surface area contributed by atoms with Crippen molar-refractivity contribution < 1.29 is 4.79 Å². The van der Waals surface area contributed by atoms with E-state index in [1.807, 2.05) is 12.1 Å². The maximum atomic E-state index is 12.2. The molecule has 0 saturated carbocycles. The van der Waals surface area contributed by atoms with Gasteiger partial charge in [0.25, 0.3) is 0 Å². The molecule has 0 fully saturated rings. The molecule has 98 valence electrons. The minimum Gasteiger partial charge on any atom is -0.382 e. The van der Waals surface area contributed by atoms with Crippen LogP contribution < -0.4 is 10.6 Å². The van der Waals surface area contributed by atoms with Gasteiger partial charge in [0.2, 0.25) is 5.91 Å². The van der Waals surface area contributed by atoms with Gasteiger partial charge in [-0.05, 0) is 30.4 Å². The first kappa shape index (κ1) is 12.9. The Morgan fingerprint density at radius 3 is 2.72 bits per heavy atom. The molecule has 3 nitrogen and oxygen atoms in total. The van der Waals surface area contributed by atoms with Crippen molar-refractivity contribution in [2.45, 2.75) is 34.1 Å². The highest BCUT2D eigenvalue weighted by molar-refractivity contribution is 5.98. The highest BCUT2D eigenvalue weighted by Crippen LogP contribution is 2.32. The molecule has 18 heavy (non-hydrogen) atoms. The molecule has 1 aromatic carbocycles. The van der Waals surface area contributed by atoms with Crippen LogP contribution in [0.4, 0.5) is 11.4 Å². The van der Waals surface area contributed by atoms with E-state index < -0.39 is 0 Å². The number of carbonyl (C=O) groups excluding carboxylic acids is 1. The maximum Gasteiger partial charge on any atom is 0.229 e. The summed E-state index contributed by atoms with van der Waals surface area (Å²) in [5.74, 6) is 0.151. The third-order valence-corrected chi connectivity index (χ3v) is 3.29. The summed E-state index contributed by atoms with van der Waals surface area (Å²) in [6.45, 7) is 9.28. The number of carbonyl (C=O) groups is 1. The zero-order valence-corrected chi connectivity index (χ0v) is 11.6. The van der Waals surface area contributed by atoms with Crippen LogP contribution in [0.15, 0.2) is 18.2 Å². The molecule has 1 heterocycles. The lowest BCUT2D eigenvalue weighted by Gasteiger charge is -2.23. The minimum absolute atomic E-state index is 0.0248. The van der Waals surface area contributed by atoms with E-state index in [9.17, 15) is 4.79 Å². The first-order chi connectivity index (χ1) is 8.37. The molecule has 1 aromatic rings. The molecule has 1 unspecified atom stereocenters. The van der Waals surface area contributed by atoms with Crippen LogP contribution in [0.25, 0.3) is 0 Å². The van der Waals surface area contributed by atoms with Crippen molar-refractivity contribution in [2.24, 2.45) is 11.3 Å². The average molecular weight is 246 g/mol. The largest absolute Gasteiger partial charge is 0.382 e. The van der Waals surface area contributed by atoms with Gasteiger partial charge in [0.15, 0.2) is 0 Å². The Balaban J connectivity index is 2.22. The van der Waals surface area contributed by atoms with Crippen molar-refractivity contribution in [3.8, 4) is 0 Å². The van der Waals surface area contributed by atoms with E-state index in [1.165, 1.54) is 5.56 Å². The van der Waals surface area contributed by atoms with Crippen molar-refractivity contribution in [3.05, 3.63) is 23.8 Å². The highest BCUT2D eigenvalue weighted by Gasteiger charge is 2.27. The van der Waals surface area contributed by atoms with Crippen LogP contribution in [-0.2, 0) is 4.79 Å². The Bertz CT molecular complexity index is 460. The van der Waals surface area contributed by atoms with Gasteiger partial charge in [0.1, 0.15) is 0 Å². The van der Waals surface area contributed by atoms with Crippen molar-refractivity contribution in [3.63, 3.8) is 0 Å². The average Bonchev–Trinajstić information content (AvgIpc) is 2.38. The number of hydrogen-bond donors (Lipinski definition) is 2. The van der Waals surface area contributed by atoms with E-state index >= 15 is 0 Å². The zero-order valence-electron chi connectivity index (χ0n) is 11.6. The summed E-state index contributed by atoms with van der Waals surface area (Å²) < 4.78 is 0. The zero-order chi connectivity index (χ0) is 13.3.